The average molecular weight is 250 g/mol. The van der Waals surface area contributed by atoms with Gasteiger partial charge in [-0.1, -0.05) is 39.0 Å². The molecule has 3 heteroatoms. The molecule has 17 heavy (non-hydrogen) atoms. The largest absolute Gasteiger partial charge is 0.204 e. The molecule has 1 rings (SSSR count). The summed E-state index contributed by atoms with van der Waals surface area (Å²) in [5, 5.41) is 3.39. The van der Waals surface area contributed by atoms with Crippen molar-refractivity contribution in [2.24, 2.45) is 5.11 Å². The topological polar surface area (TPSA) is 36.2 Å². The molecule has 0 amide bonds. The second-order valence-electron chi connectivity index (χ2n) is 4.22. The van der Waals surface area contributed by atoms with E-state index < -0.39 is 0 Å². The summed E-state index contributed by atoms with van der Waals surface area (Å²) in [6.45, 7) is 2.25. The molecule has 0 aliphatic heterocycles. The molecule has 0 aliphatic carbocycles. The number of nitrogens with zero attached hydrogens (tertiary/aromatic N) is 1. The van der Waals surface area contributed by atoms with E-state index in [4.69, 9.17) is 5.53 Å². The molecule has 0 aromatic heterocycles. The number of hydrogen-bond donors (Lipinski definition) is 1. The van der Waals surface area contributed by atoms with Gasteiger partial charge in [0.05, 0.1) is 5.69 Å². The predicted octanol–water partition coefficient (Wildman–Crippen LogP) is 5.80. The maximum atomic E-state index is 6.88. The quantitative estimate of drug-likeness (QED) is 0.335. The van der Waals surface area contributed by atoms with Crippen LogP contribution in [0.25, 0.3) is 0 Å². The highest BCUT2D eigenvalue weighted by Gasteiger charge is 1.95. The number of rotatable bonds is 9. The van der Waals surface area contributed by atoms with E-state index in [1.807, 2.05) is 23.9 Å². The lowest BCUT2D eigenvalue weighted by atomic mass is 10.1. The van der Waals surface area contributed by atoms with Gasteiger partial charge in [0.25, 0.3) is 0 Å². The molecule has 0 saturated heterocycles. The standard InChI is InChI=1S/C14H22N2S/c1-2-3-4-5-6-7-12-17-14-10-8-13(16-15)9-11-14/h8-11,15H,2-7,12H2,1H3. The molecular weight excluding hydrogens is 228 g/mol. The Bertz CT molecular complexity index is 309. The van der Waals surface area contributed by atoms with E-state index in [1.54, 1.807) is 0 Å². The fraction of sp³-hybridized carbons (Fsp3) is 0.571. The molecule has 0 atom stereocenters. The van der Waals surface area contributed by atoms with Crippen LogP contribution in [-0.2, 0) is 0 Å². The number of unbranched alkanes of at least 4 members (excludes halogenated alkanes) is 5. The van der Waals surface area contributed by atoms with Gasteiger partial charge in [-0.05, 0) is 36.4 Å². The highest BCUT2D eigenvalue weighted by atomic mass is 32.2. The Labute approximate surface area is 109 Å². The smallest absolute Gasteiger partial charge is 0.0850 e. The highest BCUT2D eigenvalue weighted by molar-refractivity contribution is 7.99. The SMILES string of the molecule is CCCCCCCCSc1ccc(N=N)cc1. The van der Waals surface area contributed by atoms with Crippen molar-refractivity contribution in [2.75, 3.05) is 5.75 Å². The molecular formula is C14H22N2S. The first-order valence-corrected chi connectivity index (χ1v) is 7.45. The summed E-state index contributed by atoms with van der Waals surface area (Å²) >= 11 is 1.90. The van der Waals surface area contributed by atoms with Gasteiger partial charge < -0.3 is 0 Å². The summed E-state index contributed by atoms with van der Waals surface area (Å²) in [4.78, 5) is 1.28. The minimum absolute atomic E-state index is 0.730. The Kier molecular flexibility index (Phi) is 7.72. The molecule has 0 heterocycles. The van der Waals surface area contributed by atoms with Crippen molar-refractivity contribution in [3.63, 3.8) is 0 Å². The van der Waals surface area contributed by atoms with Gasteiger partial charge in [0, 0.05) is 4.90 Å². The van der Waals surface area contributed by atoms with Gasteiger partial charge in [-0.25, -0.2) is 5.53 Å². The van der Waals surface area contributed by atoms with Crippen LogP contribution in [0.1, 0.15) is 45.4 Å². The van der Waals surface area contributed by atoms with Crippen LogP contribution in [0.3, 0.4) is 0 Å². The van der Waals surface area contributed by atoms with Crippen molar-refractivity contribution in [2.45, 2.75) is 50.3 Å². The summed E-state index contributed by atoms with van der Waals surface area (Å²) in [6.07, 6.45) is 8.13. The zero-order valence-electron chi connectivity index (χ0n) is 10.6. The zero-order valence-corrected chi connectivity index (χ0v) is 11.4. The van der Waals surface area contributed by atoms with E-state index in [-0.39, 0.29) is 0 Å². The van der Waals surface area contributed by atoms with Crippen LogP contribution >= 0.6 is 11.8 Å². The number of nitrogens with one attached hydrogen (secondary N) is 1. The summed E-state index contributed by atoms with van der Waals surface area (Å²) in [6, 6.07) is 7.90. The van der Waals surface area contributed by atoms with Gasteiger partial charge in [0.1, 0.15) is 0 Å². The zero-order chi connectivity index (χ0) is 12.3. The summed E-state index contributed by atoms with van der Waals surface area (Å²) in [5.41, 5.74) is 7.61. The summed E-state index contributed by atoms with van der Waals surface area (Å²) in [5.74, 6) is 1.20. The minimum atomic E-state index is 0.730. The third kappa shape index (κ3) is 6.47. The molecule has 0 bridgehead atoms. The second-order valence-corrected chi connectivity index (χ2v) is 5.39. The lowest BCUT2D eigenvalue weighted by molar-refractivity contribution is 0.627. The molecule has 0 aliphatic rings. The molecule has 0 fully saturated rings. The molecule has 2 nitrogen and oxygen atoms in total. The van der Waals surface area contributed by atoms with Crippen molar-refractivity contribution >= 4 is 17.4 Å². The molecule has 1 aromatic rings. The van der Waals surface area contributed by atoms with Crippen LogP contribution in [0.5, 0.6) is 0 Å². The van der Waals surface area contributed by atoms with E-state index in [0.717, 1.165) is 5.69 Å². The lowest BCUT2D eigenvalue weighted by Gasteiger charge is -2.02. The Hall–Kier alpha value is -0.830. The lowest BCUT2D eigenvalue weighted by Crippen LogP contribution is -1.82. The van der Waals surface area contributed by atoms with Crippen molar-refractivity contribution in [1.29, 1.82) is 5.53 Å². The molecule has 94 valence electrons. The first-order valence-electron chi connectivity index (χ1n) is 6.47. The highest BCUT2D eigenvalue weighted by Crippen LogP contribution is 2.22. The van der Waals surface area contributed by atoms with Gasteiger partial charge in [0.2, 0.25) is 0 Å². The van der Waals surface area contributed by atoms with Gasteiger partial charge >= 0.3 is 0 Å². The fourth-order valence-corrected chi connectivity index (χ4v) is 2.60. The maximum Gasteiger partial charge on any atom is 0.0850 e. The van der Waals surface area contributed by atoms with Gasteiger partial charge in [0.15, 0.2) is 0 Å². The van der Waals surface area contributed by atoms with Crippen molar-refractivity contribution in [3.05, 3.63) is 24.3 Å². The van der Waals surface area contributed by atoms with Gasteiger partial charge in [-0.3, -0.25) is 0 Å². The van der Waals surface area contributed by atoms with E-state index in [1.165, 1.54) is 49.2 Å². The Balaban J connectivity index is 2.07. The minimum Gasteiger partial charge on any atom is -0.204 e. The van der Waals surface area contributed by atoms with Crippen LogP contribution in [0.15, 0.2) is 34.3 Å². The van der Waals surface area contributed by atoms with E-state index in [0.29, 0.717) is 0 Å². The normalized spacial score (nSPS) is 10.4. The number of benzene rings is 1. The number of thioether (sulfide) groups is 1. The third-order valence-electron chi connectivity index (χ3n) is 2.73. The number of hydrogen-bond acceptors (Lipinski definition) is 3. The third-order valence-corrected chi connectivity index (χ3v) is 3.83. The summed E-state index contributed by atoms with van der Waals surface area (Å²) < 4.78 is 0. The van der Waals surface area contributed by atoms with E-state index in [9.17, 15) is 0 Å². The molecule has 0 unspecified atom stereocenters. The molecule has 0 radical (unpaired) electrons. The van der Waals surface area contributed by atoms with Crippen molar-refractivity contribution in [1.82, 2.24) is 0 Å². The monoisotopic (exact) mass is 250 g/mol. The van der Waals surface area contributed by atoms with Crippen LogP contribution in [0, 0.1) is 5.53 Å². The Morgan fingerprint density at radius 3 is 2.29 bits per heavy atom. The Morgan fingerprint density at radius 2 is 1.65 bits per heavy atom. The molecule has 1 aromatic carbocycles. The predicted molar refractivity (Wildman–Crippen MR) is 75.3 cm³/mol. The molecule has 0 saturated carbocycles. The van der Waals surface area contributed by atoms with Crippen molar-refractivity contribution < 1.29 is 0 Å². The Morgan fingerprint density at radius 1 is 1.00 bits per heavy atom. The fourth-order valence-electron chi connectivity index (χ4n) is 1.69. The van der Waals surface area contributed by atoms with E-state index >= 15 is 0 Å². The van der Waals surface area contributed by atoms with Crippen LogP contribution in [-0.4, -0.2) is 5.75 Å². The molecule has 0 spiro atoms. The first-order chi connectivity index (χ1) is 8.36. The van der Waals surface area contributed by atoms with Gasteiger partial charge in [-0.2, -0.15) is 5.11 Å². The maximum absolute atomic E-state index is 6.88. The molecule has 1 N–H and O–H groups in total. The van der Waals surface area contributed by atoms with E-state index in [2.05, 4.69) is 24.2 Å². The summed E-state index contributed by atoms with van der Waals surface area (Å²) in [7, 11) is 0. The second kappa shape index (κ2) is 9.23. The van der Waals surface area contributed by atoms with Crippen molar-refractivity contribution in [3.8, 4) is 0 Å². The first kappa shape index (κ1) is 14.2. The average Bonchev–Trinajstić information content (AvgIpc) is 2.38. The van der Waals surface area contributed by atoms with Gasteiger partial charge in [-0.15, -0.1) is 11.8 Å². The van der Waals surface area contributed by atoms with Crippen LogP contribution < -0.4 is 0 Å². The van der Waals surface area contributed by atoms with Crippen LogP contribution in [0.2, 0.25) is 0 Å². The van der Waals surface area contributed by atoms with Crippen LogP contribution in [0.4, 0.5) is 5.69 Å².